The lowest BCUT2D eigenvalue weighted by Crippen LogP contribution is -2.35. The summed E-state index contributed by atoms with van der Waals surface area (Å²) in [6.07, 6.45) is 7.74. The lowest BCUT2D eigenvalue weighted by Gasteiger charge is -2.29. The van der Waals surface area contributed by atoms with Gasteiger partial charge in [-0.3, -0.25) is 4.68 Å². The molecule has 0 aliphatic heterocycles. The third-order valence-electron chi connectivity index (χ3n) is 4.15. The molecule has 0 aromatic carbocycles. The zero-order valence-electron chi connectivity index (χ0n) is 11.1. The molecule has 0 saturated heterocycles. The summed E-state index contributed by atoms with van der Waals surface area (Å²) in [5, 5.41) is 24.3. The van der Waals surface area contributed by atoms with E-state index in [4.69, 9.17) is 0 Å². The van der Waals surface area contributed by atoms with E-state index in [-0.39, 0.29) is 0 Å². The molecule has 0 spiro atoms. The van der Waals surface area contributed by atoms with Crippen molar-refractivity contribution in [1.82, 2.24) is 9.78 Å². The molecule has 1 aliphatic carbocycles. The van der Waals surface area contributed by atoms with Crippen molar-refractivity contribution in [3.8, 4) is 0 Å². The SMILES string of the molecule is Cn1nccc1CCC(O)C(O)C1CCCCC1. The van der Waals surface area contributed by atoms with Crippen molar-refractivity contribution in [2.45, 2.75) is 57.2 Å². The van der Waals surface area contributed by atoms with Crippen molar-refractivity contribution in [2.75, 3.05) is 0 Å². The van der Waals surface area contributed by atoms with Crippen LogP contribution in [0.1, 0.15) is 44.2 Å². The molecule has 18 heavy (non-hydrogen) atoms. The number of aryl methyl sites for hydroxylation is 2. The highest BCUT2D eigenvalue weighted by molar-refractivity contribution is 5.00. The molecular formula is C14H24N2O2. The van der Waals surface area contributed by atoms with E-state index < -0.39 is 12.2 Å². The number of aromatic nitrogens is 2. The van der Waals surface area contributed by atoms with Gasteiger partial charge >= 0.3 is 0 Å². The molecule has 4 heteroatoms. The lowest BCUT2D eigenvalue weighted by atomic mass is 9.82. The molecule has 4 nitrogen and oxygen atoms in total. The van der Waals surface area contributed by atoms with E-state index in [1.54, 1.807) is 6.20 Å². The Bertz CT molecular complexity index is 358. The highest BCUT2D eigenvalue weighted by Crippen LogP contribution is 2.28. The Morgan fingerprint density at radius 2 is 2.06 bits per heavy atom. The summed E-state index contributed by atoms with van der Waals surface area (Å²) in [7, 11) is 1.90. The highest BCUT2D eigenvalue weighted by Gasteiger charge is 2.27. The van der Waals surface area contributed by atoms with E-state index in [0.717, 1.165) is 25.0 Å². The minimum Gasteiger partial charge on any atom is -0.390 e. The van der Waals surface area contributed by atoms with Crippen LogP contribution in [0.5, 0.6) is 0 Å². The second-order valence-corrected chi connectivity index (χ2v) is 5.44. The van der Waals surface area contributed by atoms with Crippen molar-refractivity contribution in [1.29, 1.82) is 0 Å². The first-order valence-electron chi connectivity index (χ1n) is 7.01. The highest BCUT2D eigenvalue weighted by atomic mass is 16.3. The molecule has 1 heterocycles. The molecular weight excluding hydrogens is 228 g/mol. The van der Waals surface area contributed by atoms with E-state index in [1.165, 1.54) is 19.3 Å². The van der Waals surface area contributed by atoms with Gasteiger partial charge in [-0.05, 0) is 37.7 Å². The van der Waals surface area contributed by atoms with Gasteiger partial charge in [0.25, 0.3) is 0 Å². The van der Waals surface area contributed by atoms with Gasteiger partial charge < -0.3 is 10.2 Å². The number of rotatable bonds is 5. The van der Waals surface area contributed by atoms with Crippen LogP contribution in [0.3, 0.4) is 0 Å². The Labute approximate surface area is 109 Å². The molecule has 2 atom stereocenters. The predicted molar refractivity (Wildman–Crippen MR) is 70.1 cm³/mol. The third kappa shape index (κ3) is 3.33. The van der Waals surface area contributed by atoms with Crippen LogP contribution in [-0.4, -0.2) is 32.2 Å². The molecule has 1 aromatic rings. The van der Waals surface area contributed by atoms with Crippen LogP contribution in [0.4, 0.5) is 0 Å². The van der Waals surface area contributed by atoms with E-state index >= 15 is 0 Å². The van der Waals surface area contributed by atoms with Crippen molar-refractivity contribution in [3.05, 3.63) is 18.0 Å². The monoisotopic (exact) mass is 252 g/mol. The number of hydrogen-bond donors (Lipinski definition) is 2. The third-order valence-corrected chi connectivity index (χ3v) is 4.15. The summed E-state index contributed by atoms with van der Waals surface area (Å²) >= 11 is 0. The molecule has 0 amide bonds. The van der Waals surface area contributed by atoms with Crippen LogP contribution >= 0.6 is 0 Å². The number of hydrogen-bond acceptors (Lipinski definition) is 3. The predicted octanol–water partition coefficient (Wildman–Crippen LogP) is 1.65. The molecule has 0 radical (unpaired) electrons. The Balaban J connectivity index is 1.79. The first-order chi connectivity index (χ1) is 8.68. The van der Waals surface area contributed by atoms with Gasteiger partial charge in [-0.15, -0.1) is 0 Å². The molecule has 1 aliphatic rings. The maximum absolute atomic E-state index is 10.2. The van der Waals surface area contributed by atoms with E-state index in [2.05, 4.69) is 5.10 Å². The molecule has 2 unspecified atom stereocenters. The first kappa shape index (κ1) is 13.6. The topological polar surface area (TPSA) is 58.3 Å². The van der Waals surface area contributed by atoms with Crippen LogP contribution in [0, 0.1) is 5.92 Å². The van der Waals surface area contributed by atoms with Gasteiger partial charge in [-0.25, -0.2) is 0 Å². The molecule has 2 N–H and O–H groups in total. The quantitative estimate of drug-likeness (QED) is 0.838. The van der Waals surface area contributed by atoms with Gasteiger partial charge in [0.05, 0.1) is 12.2 Å². The van der Waals surface area contributed by atoms with Gasteiger partial charge in [-0.2, -0.15) is 5.10 Å². The fraction of sp³-hybridized carbons (Fsp3) is 0.786. The lowest BCUT2D eigenvalue weighted by molar-refractivity contribution is -0.0304. The fourth-order valence-electron chi connectivity index (χ4n) is 2.90. The van der Waals surface area contributed by atoms with Gasteiger partial charge in [0.1, 0.15) is 0 Å². The van der Waals surface area contributed by atoms with Gasteiger partial charge in [-0.1, -0.05) is 19.3 Å². The summed E-state index contributed by atoms with van der Waals surface area (Å²) in [4.78, 5) is 0. The Kier molecular flexibility index (Phi) is 4.78. The summed E-state index contributed by atoms with van der Waals surface area (Å²) in [6.45, 7) is 0. The minimum atomic E-state index is -0.608. The summed E-state index contributed by atoms with van der Waals surface area (Å²) in [5.41, 5.74) is 1.10. The molecule has 102 valence electrons. The Hall–Kier alpha value is -0.870. The fourth-order valence-corrected chi connectivity index (χ4v) is 2.90. The normalized spacial score (nSPS) is 20.8. The number of aliphatic hydroxyl groups is 2. The number of nitrogens with zero attached hydrogens (tertiary/aromatic N) is 2. The van der Waals surface area contributed by atoms with Gasteiger partial charge in [0.15, 0.2) is 0 Å². The minimum absolute atomic E-state index is 0.292. The van der Waals surface area contributed by atoms with Crippen molar-refractivity contribution in [3.63, 3.8) is 0 Å². The zero-order chi connectivity index (χ0) is 13.0. The largest absolute Gasteiger partial charge is 0.390 e. The molecule has 1 aromatic heterocycles. The zero-order valence-corrected chi connectivity index (χ0v) is 11.1. The van der Waals surface area contributed by atoms with Crippen LogP contribution in [0.25, 0.3) is 0 Å². The average molecular weight is 252 g/mol. The summed E-state index contributed by atoms with van der Waals surface area (Å²) < 4.78 is 1.82. The van der Waals surface area contributed by atoms with Crippen LogP contribution in [0.2, 0.25) is 0 Å². The van der Waals surface area contributed by atoms with Crippen molar-refractivity contribution >= 4 is 0 Å². The second kappa shape index (κ2) is 6.34. The second-order valence-electron chi connectivity index (χ2n) is 5.44. The molecule has 0 bridgehead atoms. The summed E-state index contributed by atoms with van der Waals surface area (Å²) in [6, 6.07) is 1.96. The van der Waals surface area contributed by atoms with Crippen LogP contribution in [-0.2, 0) is 13.5 Å². The van der Waals surface area contributed by atoms with E-state index in [9.17, 15) is 10.2 Å². The molecule has 2 rings (SSSR count). The van der Waals surface area contributed by atoms with Crippen LogP contribution < -0.4 is 0 Å². The molecule has 1 saturated carbocycles. The van der Waals surface area contributed by atoms with E-state index in [1.807, 2.05) is 17.8 Å². The van der Waals surface area contributed by atoms with Crippen molar-refractivity contribution < 1.29 is 10.2 Å². The Morgan fingerprint density at radius 3 is 2.67 bits per heavy atom. The van der Waals surface area contributed by atoms with Gasteiger partial charge in [0, 0.05) is 18.9 Å². The standard InChI is InChI=1S/C14H24N2O2/c1-16-12(9-10-15-16)7-8-13(17)14(18)11-5-3-2-4-6-11/h9-11,13-14,17-18H,2-8H2,1H3. The Morgan fingerprint density at radius 1 is 1.33 bits per heavy atom. The summed E-state index contributed by atoms with van der Waals surface area (Å²) in [5.74, 6) is 0.292. The average Bonchev–Trinajstić information content (AvgIpc) is 2.81. The maximum Gasteiger partial charge on any atom is 0.0827 e. The van der Waals surface area contributed by atoms with E-state index in [0.29, 0.717) is 12.3 Å². The first-order valence-corrected chi connectivity index (χ1v) is 7.01. The number of aliphatic hydroxyl groups excluding tert-OH is 2. The van der Waals surface area contributed by atoms with Crippen molar-refractivity contribution in [2.24, 2.45) is 13.0 Å². The molecule has 1 fully saturated rings. The maximum atomic E-state index is 10.2. The van der Waals surface area contributed by atoms with Gasteiger partial charge in [0.2, 0.25) is 0 Å². The van der Waals surface area contributed by atoms with Crippen LogP contribution in [0.15, 0.2) is 12.3 Å². The smallest absolute Gasteiger partial charge is 0.0827 e.